The van der Waals surface area contributed by atoms with Gasteiger partial charge >= 0.3 is 0 Å². The minimum atomic E-state index is 0.708. The highest BCUT2D eigenvalue weighted by atomic mass is 32.1. The summed E-state index contributed by atoms with van der Waals surface area (Å²) in [5.41, 5.74) is 1.52. The highest BCUT2D eigenvalue weighted by Gasteiger charge is 2.21. The van der Waals surface area contributed by atoms with Gasteiger partial charge in [-0.2, -0.15) is 11.3 Å². The highest BCUT2D eigenvalue weighted by Crippen LogP contribution is 2.26. The van der Waals surface area contributed by atoms with Crippen LogP contribution in [0.15, 0.2) is 16.8 Å². The molecule has 1 saturated heterocycles. The number of nitrogens with one attached hydrogen (secondary N) is 1. The predicted molar refractivity (Wildman–Crippen MR) is 49.1 cm³/mol. The van der Waals surface area contributed by atoms with E-state index in [1.807, 2.05) is 0 Å². The number of rotatable bonds is 1. The summed E-state index contributed by atoms with van der Waals surface area (Å²) in [6, 6.07) is 2.95. The van der Waals surface area contributed by atoms with E-state index in [9.17, 15) is 0 Å². The predicted octanol–water partition coefficient (Wildman–Crippen LogP) is 2.21. The second kappa shape index (κ2) is 2.95. The Hall–Kier alpha value is -0.340. The maximum Gasteiger partial charge on any atom is 0.00452 e. The molecule has 0 amide bonds. The minimum Gasteiger partial charge on any atom is -0.314 e. The zero-order chi connectivity index (χ0) is 7.68. The van der Waals surface area contributed by atoms with Crippen molar-refractivity contribution in [3.8, 4) is 0 Å². The van der Waals surface area contributed by atoms with Crippen molar-refractivity contribution in [2.24, 2.45) is 0 Å². The monoisotopic (exact) mass is 167 g/mol. The van der Waals surface area contributed by atoms with Gasteiger partial charge in [0.2, 0.25) is 0 Å². The molecule has 1 N–H and O–H groups in total. The van der Waals surface area contributed by atoms with E-state index in [0.29, 0.717) is 6.04 Å². The molecule has 1 aromatic rings. The van der Waals surface area contributed by atoms with Gasteiger partial charge in [-0.25, -0.2) is 0 Å². The molecule has 0 unspecified atom stereocenters. The van der Waals surface area contributed by atoms with Crippen molar-refractivity contribution >= 4 is 11.3 Å². The molecule has 1 fully saturated rings. The van der Waals surface area contributed by atoms with Crippen molar-refractivity contribution in [3.05, 3.63) is 22.4 Å². The Kier molecular flexibility index (Phi) is 1.96. The minimum absolute atomic E-state index is 0.708. The molecule has 1 aliphatic heterocycles. The lowest BCUT2D eigenvalue weighted by atomic mass is 10.00. The van der Waals surface area contributed by atoms with Crippen molar-refractivity contribution in [3.63, 3.8) is 0 Å². The molecule has 2 rings (SSSR count). The molecule has 0 bridgehead atoms. The van der Waals surface area contributed by atoms with Crippen LogP contribution in [0.1, 0.15) is 24.8 Å². The number of hydrogen-bond donors (Lipinski definition) is 1. The second-order valence-electron chi connectivity index (χ2n) is 3.30. The largest absolute Gasteiger partial charge is 0.314 e. The fraction of sp³-hybridized carbons (Fsp3) is 0.556. The van der Waals surface area contributed by atoms with Crippen molar-refractivity contribution < 1.29 is 0 Å². The van der Waals surface area contributed by atoms with E-state index in [1.54, 1.807) is 11.3 Å². The standard InChI is InChI=1S/C9H13NS/c1-7-4-9(5-10-7)8-2-3-11-6-8/h2-3,6-7,9-10H,4-5H2,1H3/t7-,9-/m0/s1. The molecule has 1 aliphatic rings. The number of hydrogen-bond acceptors (Lipinski definition) is 2. The highest BCUT2D eigenvalue weighted by molar-refractivity contribution is 7.07. The summed E-state index contributed by atoms with van der Waals surface area (Å²) >= 11 is 1.80. The van der Waals surface area contributed by atoms with Gasteiger partial charge in [-0.15, -0.1) is 0 Å². The van der Waals surface area contributed by atoms with Crippen LogP contribution in [-0.4, -0.2) is 12.6 Å². The first-order valence-corrected chi connectivity index (χ1v) is 5.06. The molecule has 0 spiro atoms. The van der Waals surface area contributed by atoms with E-state index in [-0.39, 0.29) is 0 Å². The van der Waals surface area contributed by atoms with Gasteiger partial charge in [0.1, 0.15) is 0 Å². The SMILES string of the molecule is C[C@H]1C[C@H](c2ccsc2)CN1. The summed E-state index contributed by atoms with van der Waals surface area (Å²) in [6.45, 7) is 3.42. The molecule has 1 nitrogen and oxygen atoms in total. The Balaban J connectivity index is 2.08. The van der Waals surface area contributed by atoms with Crippen molar-refractivity contribution in [2.75, 3.05) is 6.54 Å². The Labute approximate surface area is 71.4 Å². The molecule has 2 heterocycles. The quantitative estimate of drug-likeness (QED) is 0.676. The zero-order valence-corrected chi connectivity index (χ0v) is 7.53. The van der Waals surface area contributed by atoms with E-state index >= 15 is 0 Å². The van der Waals surface area contributed by atoms with Gasteiger partial charge in [0.25, 0.3) is 0 Å². The van der Waals surface area contributed by atoms with Gasteiger partial charge in [-0.1, -0.05) is 0 Å². The molecule has 2 atom stereocenters. The van der Waals surface area contributed by atoms with Crippen LogP contribution in [0.3, 0.4) is 0 Å². The van der Waals surface area contributed by atoms with Gasteiger partial charge in [0, 0.05) is 12.6 Å². The Morgan fingerprint density at radius 3 is 3.09 bits per heavy atom. The van der Waals surface area contributed by atoms with E-state index in [0.717, 1.165) is 12.5 Å². The first kappa shape index (κ1) is 7.32. The lowest BCUT2D eigenvalue weighted by Gasteiger charge is -2.03. The van der Waals surface area contributed by atoms with Crippen LogP contribution in [0.2, 0.25) is 0 Å². The first-order valence-electron chi connectivity index (χ1n) is 4.12. The van der Waals surface area contributed by atoms with Gasteiger partial charge in [-0.05, 0) is 41.7 Å². The number of thiophene rings is 1. The molecule has 11 heavy (non-hydrogen) atoms. The van der Waals surface area contributed by atoms with Crippen LogP contribution in [0.25, 0.3) is 0 Å². The maximum atomic E-state index is 3.46. The van der Waals surface area contributed by atoms with Crippen LogP contribution in [0.4, 0.5) is 0 Å². The first-order chi connectivity index (χ1) is 5.36. The van der Waals surface area contributed by atoms with Crippen LogP contribution in [0, 0.1) is 0 Å². The molecule has 0 saturated carbocycles. The summed E-state index contributed by atoms with van der Waals surface area (Å²) in [4.78, 5) is 0. The summed E-state index contributed by atoms with van der Waals surface area (Å²) in [5.74, 6) is 0.774. The van der Waals surface area contributed by atoms with Gasteiger partial charge in [-0.3, -0.25) is 0 Å². The molecular weight excluding hydrogens is 154 g/mol. The summed E-state index contributed by atoms with van der Waals surface area (Å²) in [5, 5.41) is 7.90. The van der Waals surface area contributed by atoms with Gasteiger partial charge in [0.05, 0.1) is 0 Å². The summed E-state index contributed by atoms with van der Waals surface area (Å²) in [6.07, 6.45) is 1.30. The van der Waals surface area contributed by atoms with E-state index < -0.39 is 0 Å². The molecule has 0 radical (unpaired) electrons. The smallest absolute Gasteiger partial charge is 0.00452 e. The third-order valence-corrected chi connectivity index (χ3v) is 3.07. The Morgan fingerprint density at radius 1 is 1.64 bits per heavy atom. The maximum absolute atomic E-state index is 3.46. The Morgan fingerprint density at radius 2 is 2.55 bits per heavy atom. The lowest BCUT2D eigenvalue weighted by molar-refractivity contribution is 0.659. The average Bonchev–Trinajstić information content (AvgIpc) is 2.55. The molecule has 0 aliphatic carbocycles. The van der Waals surface area contributed by atoms with Crippen LogP contribution in [-0.2, 0) is 0 Å². The fourth-order valence-electron chi connectivity index (χ4n) is 1.70. The van der Waals surface area contributed by atoms with Crippen LogP contribution >= 0.6 is 11.3 Å². The average molecular weight is 167 g/mol. The third-order valence-electron chi connectivity index (χ3n) is 2.37. The van der Waals surface area contributed by atoms with Crippen molar-refractivity contribution in [1.82, 2.24) is 5.32 Å². The van der Waals surface area contributed by atoms with Gasteiger partial charge in [0.15, 0.2) is 0 Å². The van der Waals surface area contributed by atoms with Crippen molar-refractivity contribution in [2.45, 2.75) is 25.3 Å². The molecule has 2 heteroatoms. The lowest BCUT2D eigenvalue weighted by Crippen LogP contribution is -2.16. The molecule has 60 valence electrons. The Bertz CT molecular complexity index is 217. The summed E-state index contributed by atoms with van der Waals surface area (Å²) < 4.78 is 0. The topological polar surface area (TPSA) is 12.0 Å². The summed E-state index contributed by atoms with van der Waals surface area (Å²) in [7, 11) is 0. The molecule has 1 aromatic heterocycles. The van der Waals surface area contributed by atoms with E-state index in [4.69, 9.17) is 0 Å². The second-order valence-corrected chi connectivity index (χ2v) is 4.08. The van der Waals surface area contributed by atoms with Crippen molar-refractivity contribution in [1.29, 1.82) is 0 Å². The fourth-order valence-corrected chi connectivity index (χ4v) is 2.44. The third kappa shape index (κ3) is 1.47. The zero-order valence-electron chi connectivity index (χ0n) is 6.71. The normalized spacial score (nSPS) is 31.0. The van der Waals surface area contributed by atoms with Crippen LogP contribution in [0.5, 0.6) is 0 Å². The van der Waals surface area contributed by atoms with E-state index in [1.165, 1.54) is 12.0 Å². The van der Waals surface area contributed by atoms with Gasteiger partial charge < -0.3 is 5.32 Å². The molecular formula is C9H13NS. The van der Waals surface area contributed by atoms with Crippen LogP contribution < -0.4 is 5.32 Å². The molecule has 0 aromatic carbocycles. The van der Waals surface area contributed by atoms with E-state index in [2.05, 4.69) is 29.1 Å².